The fraction of sp³-hybridized carbons (Fsp3) is 0.167. The second-order valence-electron chi connectivity index (χ2n) is 3.45. The summed E-state index contributed by atoms with van der Waals surface area (Å²) < 4.78 is 1.22. The smallest absolute Gasteiger partial charge is 0.267 e. The van der Waals surface area contributed by atoms with Gasteiger partial charge in [0.1, 0.15) is 0 Å². The lowest BCUT2D eigenvalue weighted by Gasteiger charge is -2.01. The standard InChI is InChI=1S/C12H12N2O2/c1-2-3-8-14-12(16)10-7-5-4-6-9(10)11(15)13-14/h3-8H,2H2,1H3,(H,13,15). The second kappa shape index (κ2) is 4.18. The lowest BCUT2D eigenvalue weighted by atomic mass is 10.2. The Bertz CT molecular complexity index is 650. The van der Waals surface area contributed by atoms with Crippen molar-refractivity contribution in [3.05, 3.63) is 51.0 Å². The van der Waals surface area contributed by atoms with Gasteiger partial charge in [0, 0.05) is 6.20 Å². The lowest BCUT2D eigenvalue weighted by Crippen LogP contribution is -2.26. The van der Waals surface area contributed by atoms with E-state index in [9.17, 15) is 9.59 Å². The molecule has 0 saturated carbocycles. The van der Waals surface area contributed by atoms with Gasteiger partial charge in [0.25, 0.3) is 11.1 Å². The maximum absolute atomic E-state index is 11.9. The van der Waals surface area contributed by atoms with Gasteiger partial charge in [-0.1, -0.05) is 25.1 Å². The largest absolute Gasteiger partial charge is 0.277 e. The molecule has 0 bridgehead atoms. The highest BCUT2D eigenvalue weighted by Gasteiger charge is 2.03. The average Bonchev–Trinajstić information content (AvgIpc) is 2.32. The highest BCUT2D eigenvalue weighted by molar-refractivity contribution is 5.80. The third-order valence-corrected chi connectivity index (χ3v) is 2.33. The SMILES string of the molecule is CCC=Cn1[nH]c(=O)c2ccccc2c1=O. The fourth-order valence-corrected chi connectivity index (χ4v) is 1.53. The summed E-state index contributed by atoms with van der Waals surface area (Å²) in [5.41, 5.74) is -0.462. The highest BCUT2D eigenvalue weighted by Crippen LogP contribution is 2.02. The van der Waals surface area contributed by atoms with E-state index in [1.165, 1.54) is 4.68 Å². The number of hydrogen-bond donors (Lipinski definition) is 1. The topological polar surface area (TPSA) is 54.9 Å². The van der Waals surface area contributed by atoms with Crippen molar-refractivity contribution in [1.29, 1.82) is 0 Å². The minimum absolute atomic E-state index is 0.208. The molecule has 0 amide bonds. The van der Waals surface area contributed by atoms with Crippen LogP contribution in [0, 0.1) is 0 Å². The molecule has 0 saturated heterocycles. The van der Waals surface area contributed by atoms with Crippen LogP contribution >= 0.6 is 0 Å². The second-order valence-corrected chi connectivity index (χ2v) is 3.45. The van der Waals surface area contributed by atoms with Gasteiger partial charge in [-0.2, -0.15) is 0 Å². The van der Waals surface area contributed by atoms with E-state index in [0.29, 0.717) is 10.8 Å². The predicted molar refractivity (Wildman–Crippen MR) is 64.4 cm³/mol. The van der Waals surface area contributed by atoms with Crippen molar-refractivity contribution in [3.63, 3.8) is 0 Å². The summed E-state index contributed by atoms with van der Waals surface area (Å²) >= 11 is 0. The Kier molecular flexibility index (Phi) is 2.72. The maximum atomic E-state index is 11.9. The summed E-state index contributed by atoms with van der Waals surface area (Å²) in [5.74, 6) is 0. The summed E-state index contributed by atoms with van der Waals surface area (Å²) in [6.07, 6.45) is 4.20. The minimum Gasteiger partial charge on any atom is -0.267 e. The molecule has 1 aromatic carbocycles. The molecule has 82 valence electrons. The first kappa shape index (κ1) is 10.4. The summed E-state index contributed by atoms with van der Waals surface area (Å²) in [7, 11) is 0. The van der Waals surface area contributed by atoms with Gasteiger partial charge in [0.2, 0.25) is 0 Å². The lowest BCUT2D eigenvalue weighted by molar-refractivity contribution is 0.843. The Hall–Kier alpha value is -2.10. The molecular formula is C12H12N2O2. The monoisotopic (exact) mass is 216 g/mol. The van der Waals surface area contributed by atoms with Crippen molar-refractivity contribution in [1.82, 2.24) is 9.78 Å². The van der Waals surface area contributed by atoms with Crippen LogP contribution in [0.2, 0.25) is 0 Å². The Balaban J connectivity index is 2.81. The van der Waals surface area contributed by atoms with E-state index in [1.807, 2.05) is 13.0 Å². The van der Waals surface area contributed by atoms with Gasteiger partial charge in [0.05, 0.1) is 10.8 Å². The van der Waals surface area contributed by atoms with Crippen LogP contribution in [0.1, 0.15) is 13.3 Å². The molecule has 0 fully saturated rings. The number of allylic oxidation sites excluding steroid dienone is 1. The molecule has 0 aliphatic carbocycles. The van der Waals surface area contributed by atoms with E-state index in [2.05, 4.69) is 5.10 Å². The number of fused-ring (bicyclic) bond motifs is 1. The average molecular weight is 216 g/mol. The molecule has 4 nitrogen and oxygen atoms in total. The van der Waals surface area contributed by atoms with Crippen LogP contribution in [0.5, 0.6) is 0 Å². The molecule has 1 N–H and O–H groups in total. The molecule has 1 aromatic heterocycles. The van der Waals surface area contributed by atoms with Crippen molar-refractivity contribution in [2.45, 2.75) is 13.3 Å². The van der Waals surface area contributed by atoms with Crippen LogP contribution in [0.4, 0.5) is 0 Å². The number of nitrogens with zero attached hydrogens (tertiary/aromatic N) is 1. The molecule has 2 aromatic rings. The van der Waals surface area contributed by atoms with E-state index in [0.717, 1.165) is 6.42 Å². The van der Waals surface area contributed by atoms with Crippen molar-refractivity contribution in [2.24, 2.45) is 0 Å². The van der Waals surface area contributed by atoms with Crippen LogP contribution in [-0.4, -0.2) is 9.78 Å². The zero-order valence-electron chi connectivity index (χ0n) is 8.93. The van der Waals surface area contributed by atoms with Gasteiger partial charge in [-0.15, -0.1) is 0 Å². The van der Waals surface area contributed by atoms with E-state index in [1.54, 1.807) is 30.5 Å². The minimum atomic E-state index is -0.254. The molecule has 0 aliphatic heterocycles. The molecule has 16 heavy (non-hydrogen) atoms. The molecule has 0 radical (unpaired) electrons. The number of H-pyrrole nitrogens is 1. The number of hydrogen-bond acceptors (Lipinski definition) is 2. The molecule has 0 aliphatic rings. The van der Waals surface area contributed by atoms with Crippen LogP contribution in [0.25, 0.3) is 17.0 Å². The van der Waals surface area contributed by atoms with Crippen molar-refractivity contribution in [3.8, 4) is 0 Å². The molecular weight excluding hydrogens is 204 g/mol. The number of nitrogens with one attached hydrogen (secondary N) is 1. The first-order valence-electron chi connectivity index (χ1n) is 5.14. The van der Waals surface area contributed by atoms with Crippen LogP contribution in [0.15, 0.2) is 39.9 Å². The van der Waals surface area contributed by atoms with E-state index < -0.39 is 0 Å². The molecule has 0 spiro atoms. The van der Waals surface area contributed by atoms with Gasteiger partial charge in [-0.05, 0) is 18.6 Å². The van der Waals surface area contributed by atoms with Crippen LogP contribution in [-0.2, 0) is 0 Å². The Morgan fingerprint density at radius 1 is 1.25 bits per heavy atom. The number of aromatic nitrogens is 2. The molecule has 4 heteroatoms. The number of rotatable bonds is 2. The van der Waals surface area contributed by atoms with Gasteiger partial charge < -0.3 is 0 Å². The number of aromatic amines is 1. The Morgan fingerprint density at radius 3 is 2.62 bits per heavy atom. The van der Waals surface area contributed by atoms with Crippen molar-refractivity contribution >= 4 is 17.0 Å². The Labute approximate surface area is 91.8 Å². The van der Waals surface area contributed by atoms with Gasteiger partial charge in [-0.25, -0.2) is 4.68 Å². The molecule has 1 heterocycles. The fourth-order valence-electron chi connectivity index (χ4n) is 1.53. The predicted octanol–water partition coefficient (Wildman–Crippen LogP) is 1.57. The zero-order valence-corrected chi connectivity index (χ0v) is 8.93. The summed E-state index contributed by atoms with van der Waals surface area (Å²) in [6, 6.07) is 6.78. The molecule has 0 atom stereocenters. The zero-order chi connectivity index (χ0) is 11.5. The van der Waals surface area contributed by atoms with E-state index in [-0.39, 0.29) is 11.1 Å². The van der Waals surface area contributed by atoms with Gasteiger partial charge >= 0.3 is 0 Å². The van der Waals surface area contributed by atoms with Gasteiger partial charge in [-0.3, -0.25) is 14.7 Å². The van der Waals surface area contributed by atoms with Gasteiger partial charge in [0.15, 0.2) is 0 Å². The third-order valence-electron chi connectivity index (χ3n) is 2.33. The first-order valence-corrected chi connectivity index (χ1v) is 5.14. The van der Waals surface area contributed by atoms with Crippen LogP contribution < -0.4 is 11.1 Å². The quantitative estimate of drug-likeness (QED) is 0.828. The number of benzene rings is 1. The third kappa shape index (κ3) is 1.69. The highest BCUT2D eigenvalue weighted by atomic mass is 16.2. The summed E-state index contributed by atoms with van der Waals surface area (Å²) in [5, 5.41) is 3.38. The van der Waals surface area contributed by atoms with Crippen molar-refractivity contribution in [2.75, 3.05) is 0 Å². The van der Waals surface area contributed by atoms with E-state index >= 15 is 0 Å². The Morgan fingerprint density at radius 2 is 1.94 bits per heavy atom. The maximum Gasteiger partial charge on any atom is 0.277 e. The summed E-state index contributed by atoms with van der Waals surface area (Å²) in [6.45, 7) is 1.96. The molecule has 0 unspecified atom stereocenters. The normalized spacial score (nSPS) is 11.3. The molecule has 2 rings (SSSR count). The summed E-state index contributed by atoms with van der Waals surface area (Å²) in [4.78, 5) is 23.6. The first-order chi connectivity index (χ1) is 7.74. The van der Waals surface area contributed by atoms with Crippen LogP contribution in [0.3, 0.4) is 0 Å². The van der Waals surface area contributed by atoms with E-state index in [4.69, 9.17) is 0 Å². The van der Waals surface area contributed by atoms with Crippen molar-refractivity contribution < 1.29 is 0 Å².